The molecule has 1 N–H and O–H groups in total. The third-order valence-corrected chi connectivity index (χ3v) is 6.20. The summed E-state index contributed by atoms with van der Waals surface area (Å²) < 4.78 is 16.5. The molecule has 3 aromatic rings. The first-order chi connectivity index (χ1) is 17.3. The number of amides is 1. The van der Waals surface area contributed by atoms with E-state index >= 15 is 0 Å². The van der Waals surface area contributed by atoms with Crippen LogP contribution in [-0.4, -0.2) is 37.6 Å². The molecular formula is C29H29NO6. The zero-order chi connectivity index (χ0) is 26.0. The minimum Gasteiger partial charge on any atom is -0.507 e. The van der Waals surface area contributed by atoms with E-state index < -0.39 is 17.7 Å². The molecule has 1 saturated heterocycles. The number of hydrogen-bond acceptors (Lipinski definition) is 6. The van der Waals surface area contributed by atoms with Gasteiger partial charge < -0.3 is 19.3 Å². The highest BCUT2D eigenvalue weighted by Crippen LogP contribution is 2.45. The monoisotopic (exact) mass is 487 g/mol. The lowest BCUT2D eigenvalue weighted by atomic mass is 9.94. The number of rotatable bonds is 7. The number of methoxy groups -OCH3 is 2. The zero-order valence-electron chi connectivity index (χ0n) is 21.0. The van der Waals surface area contributed by atoms with Gasteiger partial charge in [-0.1, -0.05) is 35.9 Å². The van der Waals surface area contributed by atoms with Crippen LogP contribution in [0.1, 0.15) is 35.2 Å². The van der Waals surface area contributed by atoms with Crippen LogP contribution in [0.15, 0.2) is 66.2 Å². The highest BCUT2D eigenvalue weighted by molar-refractivity contribution is 6.51. The SMILES string of the molecule is CCOc1cc(C2/C(=C(\O)c3cccc(OC)c3)C(=O)C(=O)N2c2ccc(C)cc2C)ccc1OC. The van der Waals surface area contributed by atoms with Crippen LogP contribution in [0.25, 0.3) is 5.76 Å². The Balaban J connectivity index is 1.99. The molecule has 7 nitrogen and oxygen atoms in total. The van der Waals surface area contributed by atoms with E-state index in [1.807, 2.05) is 39.0 Å². The van der Waals surface area contributed by atoms with Crippen molar-refractivity contribution in [3.05, 3.63) is 88.5 Å². The first-order valence-electron chi connectivity index (χ1n) is 11.6. The van der Waals surface area contributed by atoms with Crippen LogP contribution in [0.2, 0.25) is 0 Å². The molecule has 1 atom stereocenters. The average Bonchev–Trinajstić information content (AvgIpc) is 3.14. The van der Waals surface area contributed by atoms with E-state index in [4.69, 9.17) is 14.2 Å². The van der Waals surface area contributed by atoms with Gasteiger partial charge in [-0.15, -0.1) is 0 Å². The summed E-state index contributed by atoms with van der Waals surface area (Å²) >= 11 is 0. The molecule has 4 rings (SSSR count). The van der Waals surface area contributed by atoms with Crippen LogP contribution in [-0.2, 0) is 9.59 Å². The number of hydrogen-bond donors (Lipinski definition) is 1. The minimum absolute atomic E-state index is 0.0131. The van der Waals surface area contributed by atoms with Crippen molar-refractivity contribution in [1.29, 1.82) is 0 Å². The van der Waals surface area contributed by atoms with E-state index in [1.54, 1.807) is 49.6 Å². The predicted molar refractivity (Wildman–Crippen MR) is 138 cm³/mol. The molecule has 0 bridgehead atoms. The van der Waals surface area contributed by atoms with Crippen molar-refractivity contribution < 1.29 is 28.9 Å². The number of anilines is 1. The van der Waals surface area contributed by atoms with E-state index in [0.29, 0.717) is 40.7 Å². The molecule has 0 aliphatic carbocycles. The molecule has 3 aromatic carbocycles. The fourth-order valence-corrected chi connectivity index (χ4v) is 4.53. The maximum Gasteiger partial charge on any atom is 0.300 e. The highest BCUT2D eigenvalue weighted by Gasteiger charge is 2.47. The molecule has 186 valence electrons. The van der Waals surface area contributed by atoms with Gasteiger partial charge in [-0.05, 0) is 62.2 Å². The maximum atomic E-state index is 13.5. The number of carbonyl (C=O) groups excluding carboxylic acids is 2. The summed E-state index contributed by atoms with van der Waals surface area (Å²) in [4.78, 5) is 28.4. The third-order valence-electron chi connectivity index (χ3n) is 6.20. The summed E-state index contributed by atoms with van der Waals surface area (Å²) in [7, 11) is 3.06. The molecule has 36 heavy (non-hydrogen) atoms. The summed E-state index contributed by atoms with van der Waals surface area (Å²) in [5.74, 6) is -0.248. The Morgan fingerprint density at radius 1 is 0.944 bits per heavy atom. The lowest BCUT2D eigenvalue weighted by Gasteiger charge is -2.27. The number of ether oxygens (including phenoxy) is 3. The molecule has 0 radical (unpaired) electrons. The number of Topliss-reactive ketones (excluding diaryl/α,β-unsaturated/α-hetero) is 1. The van der Waals surface area contributed by atoms with Crippen LogP contribution in [0.4, 0.5) is 5.69 Å². The minimum atomic E-state index is -0.886. The molecule has 0 aromatic heterocycles. The van der Waals surface area contributed by atoms with Gasteiger partial charge in [0.25, 0.3) is 11.7 Å². The lowest BCUT2D eigenvalue weighted by molar-refractivity contribution is -0.132. The van der Waals surface area contributed by atoms with Crippen LogP contribution < -0.4 is 19.1 Å². The van der Waals surface area contributed by atoms with Crippen molar-refractivity contribution in [2.45, 2.75) is 26.8 Å². The fourth-order valence-electron chi connectivity index (χ4n) is 4.53. The summed E-state index contributed by atoms with van der Waals surface area (Å²) in [5, 5.41) is 11.4. The normalized spacial score (nSPS) is 16.8. The van der Waals surface area contributed by atoms with Gasteiger partial charge in [0.15, 0.2) is 11.5 Å². The van der Waals surface area contributed by atoms with Gasteiger partial charge in [0.1, 0.15) is 11.5 Å². The Morgan fingerprint density at radius 3 is 2.39 bits per heavy atom. The van der Waals surface area contributed by atoms with Crippen molar-refractivity contribution in [2.75, 3.05) is 25.7 Å². The van der Waals surface area contributed by atoms with Gasteiger partial charge in [0, 0.05) is 11.3 Å². The van der Waals surface area contributed by atoms with Crippen molar-refractivity contribution in [1.82, 2.24) is 0 Å². The lowest BCUT2D eigenvalue weighted by Crippen LogP contribution is -2.30. The predicted octanol–water partition coefficient (Wildman–Crippen LogP) is 5.35. The van der Waals surface area contributed by atoms with Crippen molar-refractivity contribution in [2.24, 2.45) is 0 Å². The van der Waals surface area contributed by atoms with Crippen LogP contribution >= 0.6 is 0 Å². The highest BCUT2D eigenvalue weighted by atomic mass is 16.5. The number of ketones is 1. The van der Waals surface area contributed by atoms with Crippen molar-refractivity contribution in [3.8, 4) is 17.2 Å². The number of aliphatic hydroxyl groups is 1. The third kappa shape index (κ3) is 4.40. The summed E-state index contributed by atoms with van der Waals surface area (Å²) in [6, 6.07) is 16.8. The second-order valence-corrected chi connectivity index (χ2v) is 8.53. The standard InChI is InChI=1S/C29H29NO6/c1-6-36-24-16-19(11-13-23(24)35-5)26-25(27(31)20-8-7-9-21(15-20)34-4)28(32)29(33)30(26)22-12-10-17(2)14-18(22)3/h7-16,26,31H,6H2,1-5H3/b27-25+. The van der Waals surface area contributed by atoms with Crippen LogP contribution in [0.3, 0.4) is 0 Å². The summed E-state index contributed by atoms with van der Waals surface area (Å²) in [5.41, 5.74) is 3.41. The van der Waals surface area contributed by atoms with Gasteiger partial charge in [0.2, 0.25) is 0 Å². The van der Waals surface area contributed by atoms with E-state index in [0.717, 1.165) is 11.1 Å². The van der Waals surface area contributed by atoms with E-state index in [-0.39, 0.29) is 11.3 Å². The molecule has 1 aliphatic heterocycles. The zero-order valence-corrected chi connectivity index (χ0v) is 21.0. The van der Waals surface area contributed by atoms with E-state index in [1.165, 1.54) is 12.0 Å². The largest absolute Gasteiger partial charge is 0.507 e. The summed E-state index contributed by atoms with van der Waals surface area (Å²) in [6.07, 6.45) is 0. The van der Waals surface area contributed by atoms with Crippen LogP contribution in [0, 0.1) is 13.8 Å². The number of carbonyl (C=O) groups is 2. The van der Waals surface area contributed by atoms with Gasteiger partial charge in [-0.25, -0.2) is 0 Å². The number of nitrogens with zero attached hydrogens (tertiary/aromatic N) is 1. The Bertz CT molecular complexity index is 1360. The molecule has 0 saturated carbocycles. The molecule has 1 aliphatic rings. The molecule has 1 fully saturated rings. The topological polar surface area (TPSA) is 85.3 Å². The Morgan fingerprint density at radius 2 is 1.72 bits per heavy atom. The van der Waals surface area contributed by atoms with Crippen molar-refractivity contribution in [3.63, 3.8) is 0 Å². The molecule has 0 spiro atoms. The molecule has 7 heteroatoms. The van der Waals surface area contributed by atoms with Gasteiger partial charge in [0.05, 0.1) is 32.4 Å². The first-order valence-corrected chi connectivity index (χ1v) is 11.6. The van der Waals surface area contributed by atoms with Gasteiger partial charge in [-0.2, -0.15) is 0 Å². The van der Waals surface area contributed by atoms with Gasteiger partial charge in [-0.3, -0.25) is 14.5 Å². The second-order valence-electron chi connectivity index (χ2n) is 8.53. The molecular weight excluding hydrogens is 458 g/mol. The number of aliphatic hydroxyl groups excluding tert-OH is 1. The van der Waals surface area contributed by atoms with Crippen LogP contribution in [0.5, 0.6) is 17.2 Å². The van der Waals surface area contributed by atoms with Gasteiger partial charge >= 0.3 is 0 Å². The molecule has 1 heterocycles. The fraction of sp³-hybridized carbons (Fsp3) is 0.241. The van der Waals surface area contributed by atoms with E-state index in [9.17, 15) is 14.7 Å². The Labute approximate surface area is 210 Å². The first kappa shape index (κ1) is 24.9. The second kappa shape index (κ2) is 10.2. The quantitative estimate of drug-likeness (QED) is 0.275. The maximum absolute atomic E-state index is 13.5. The Hall–Kier alpha value is -4.26. The molecule has 1 unspecified atom stereocenters. The smallest absolute Gasteiger partial charge is 0.300 e. The van der Waals surface area contributed by atoms with E-state index in [2.05, 4.69) is 0 Å². The summed E-state index contributed by atoms with van der Waals surface area (Å²) in [6.45, 7) is 6.11. The number of aryl methyl sites for hydroxylation is 2. The van der Waals surface area contributed by atoms with Crippen molar-refractivity contribution >= 4 is 23.1 Å². The average molecular weight is 488 g/mol. The number of benzene rings is 3. The molecule has 1 amide bonds. The Kier molecular flexibility index (Phi) is 7.01.